The Morgan fingerprint density at radius 1 is 1.06 bits per heavy atom. The van der Waals surface area contributed by atoms with E-state index in [1.807, 2.05) is 52.5 Å². The fourth-order valence-corrected chi connectivity index (χ4v) is 7.13. The molecule has 1 aromatic rings. The number of hydrogen-bond acceptors (Lipinski definition) is 8. The Bertz CT molecular complexity index is 1140. The Kier molecular flexibility index (Phi) is 7.70. The lowest BCUT2D eigenvalue weighted by Gasteiger charge is -2.47. The number of nitrogens with zero attached hydrogens (tertiary/aromatic N) is 1. The second kappa shape index (κ2) is 9.87. The summed E-state index contributed by atoms with van der Waals surface area (Å²) in [6, 6.07) is 4.06. The van der Waals surface area contributed by atoms with Crippen LogP contribution in [0.2, 0.25) is 0 Å². The van der Waals surface area contributed by atoms with E-state index in [4.69, 9.17) is 21.7 Å². The van der Waals surface area contributed by atoms with E-state index in [0.29, 0.717) is 15.5 Å². The monoisotopic (exact) mass is 519 g/mol. The third-order valence-electron chi connectivity index (χ3n) is 6.08. The third-order valence-corrected chi connectivity index (χ3v) is 9.34. The molecule has 2 aliphatic heterocycles. The van der Waals surface area contributed by atoms with Gasteiger partial charge < -0.3 is 14.4 Å². The number of methoxy groups -OCH3 is 2. The number of benzene rings is 1. The molecule has 1 aromatic carbocycles. The van der Waals surface area contributed by atoms with Crippen LogP contribution in [-0.2, 0) is 23.9 Å². The van der Waals surface area contributed by atoms with Crippen molar-refractivity contribution in [2.24, 2.45) is 5.92 Å². The van der Waals surface area contributed by atoms with Gasteiger partial charge in [-0.15, -0.1) is 0 Å². The van der Waals surface area contributed by atoms with Crippen LogP contribution in [0.25, 0.3) is 5.57 Å². The van der Waals surface area contributed by atoms with Crippen LogP contribution in [0.3, 0.4) is 0 Å². The van der Waals surface area contributed by atoms with Gasteiger partial charge >= 0.3 is 11.9 Å². The van der Waals surface area contributed by atoms with E-state index in [-0.39, 0.29) is 21.6 Å². The molecule has 0 saturated heterocycles. The number of anilines is 1. The van der Waals surface area contributed by atoms with Gasteiger partial charge in [0, 0.05) is 17.1 Å². The number of hydrogen-bond donors (Lipinski definition) is 0. The molecule has 0 N–H and O–H groups in total. The first-order valence-corrected chi connectivity index (χ1v) is 13.0. The smallest absolute Gasteiger partial charge is 0.346 e. The molecule has 0 aliphatic carbocycles. The second-order valence-corrected chi connectivity index (χ2v) is 11.6. The van der Waals surface area contributed by atoms with Crippen molar-refractivity contribution in [2.75, 3.05) is 19.1 Å². The molecule has 6 nitrogen and oxygen atoms in total. The van der Waals surface area contributed by atoms with Gasteiger partial charge in [-0.2, -0.15) is 0 Å². The zero-order valence-corrected chi connectivity index (χ0v) is 23.1. The lowest BCUT2D eigenvalue weighted by molar-refractivity contribution is -0.138. The highest BCUT2D eigenvalue weighted by atomic mass is 32.2. The molecule has 0 bridgehead atoms. The predicted molar refractivity (Wildman–Crippen MR) is 143 cm³/mol. The summed E-state index contributed by atoms with van der Waals surface area (Å²) in [6.07, 6.45) is 0.715. The van der Waals surface area contributed by atoms with Gasteiger partial charge in [-0.1, -0.05) is 61.2 Å². The molecule has 182 valence electrons. The Morgan fingerprint density at radius 2 is 1.59 bits per heavy atom. The summed E-state index contributed by atoms with van der Waals surface area (Å²) in [6.45, 7) is 11.8. The maximum absolute atomic E-state index is 13.6. The summed E-state index contributed by atoms with van der Waals surface area (Å²) in [4.78, 5) is 41.3. The van der Waals surface area contributed by atoms with Crippen molar-refractivity contribution in [1.82, 2.24) is 0 Å². The van der Waals surface area contributed by atoms with Crippen molar-refractivity contribution >= 4 is 69.7 Å². The molecule has 9 heteroatoms. The third kappa shape index (κ3) is 4.33. The summed E-state index contributed by atoms with van der Waals surface area (Å²) in [5, 5.41) is 0. The van der Waals surface area contributed by atoms with Crippen LogP contribution in [0, 0.1) is 19.8 Å². The summed E-state index contributed by atoms with van der Waals surface area (Å²) in [7, 11) is 2.55. The Labute approximate surface area is 214 Å². The van der Waals surface area contributed by atoms with Gasteiger partial charge in [-0.05, 0) is 45.7 Å². The van der Waals surface area contributed by atoms with Gasteiger partial charge in [0.25, 0.3) is 0 Å². The number of thioether (sulfide) groups is 2. The van der Waals surface area contributed by atoms with Crippen LogP contribution in [0.5, 0.6) is 0 Å². The van der Waals surface area contributed by atoms with Gasteiger partial charge in [0.2, 0.25) is 5.91 Å². The number of esters is 2. The average molecular weight is 520 g/mol. The summed E-state index contributed by atoms with van der Waals surface area (Å²) in [5.41, 5.74) is 3.57. The van der Waals surface area contributed by atoms with Crippen molar-refractivity contribution in [2.45, 2.75) is 53.5 Å². The molecule has 1 amide bonds. The van der Waals surface area contributed by atoms with E-state index >= 15 is 0 Å². The Morgan fingerprint density at radius 3 is 2.06 bits per heavy atom. The van der Waals surface area contributed by atoms with Crippen molar-refractivity contribution in [3.05, 3.63) is 42.9 Å². The van der Waals surface area contributed by atoms with Crippen LogP contribution >= 0.6 is 35.7 Å². The number of carbonyl (C=O) groups is 3. The molecule has 0 aromatic heterocycles. The minimum atomic E-state index is -0.800. The predicted octanol–water partition coefficient (Wildman–Crippen LogP) is 5.55. The fourth-order valence-electron chi connectivity index (χ4n) is 4.10. The lowest BCUT2D eigenvalue weighted by Crippen LogP contribution is -2.57. The quantitative estimate of drug-likeness (QED) is 0.291. The normalized spacial score (nSPS) is 18.1. The highest BCUT2D eigenvalue weighted by Crippen LogP contribution is 2.56. The number of thiocarbonyl (C=S) groups is 1. The van der Waals surface area contributed by atoms with E-state index < -0.39 is 17.5 Å². The van der Waals surface area contributed by atoms with E-state index in [2.05, 4.69) is 6.07 Å². The highest BCUT2D eigenvalue weighted by molar-refractivity contribution is 8.29. The topological polar surface area (TPSA) is 72.9 Å². The number of ether oxygens (including phenoxy) is 2. The van der Waals surface area contributed by atoms with Crippen molar-refractivity contribution in [1.29, 1.82) is 0 Å². The largest absolute Gasteiger partial charge is 0.465 e. The number of aryl methyl sites for hydroxylation is 2. The molecule has 1 atom stereocenters. The van der Waals surface area contributed by atoms with Crippen molar-refractivity contribution in [3.63, 3.8) is 0 Å². The number of rotatable bonds is 4. The maximum atomic E-state index is 13.6. The van der Waals surface area contributed by atoms with Crippen LogP contribution in [0.1, 0.15) is 50.8 Å². The van der Waals surface area contributed by atoms with E-state index in [9.17, 15) is 14.4 Å². The van der Waals surface area contributed by atoms with Gasteiger partial charge in [0.1, 0.15) is 9.81 Å². The highest BCUT2D eigenvalue weighted by Gasteiger charge is 2.47. The molecule has 0 radical (unpaired) electrons. The molecule has 0 saturated carbocycles. The first-order valence-electron chi connectivity index (χ1n) is 10.9. The first kappa shape index (κ1) is 26.5. The van der Waals surface area contributed by atoms with E-state index in [1.165, 1.54) is 14.2 Å². The zero-order chi connectivity index (χ0) is 25.5. The summed E-state index contributed by atoms with van der Waals surface area (Å²) < 4.78 is 10.5. The van der Waals surface area contributed by atoms with Gasteiger partial charge in [0.05, 0.1) is 34.5 Å². The number of fused-ring (bicyclic) bond motifs is 1. The zero-order valence-electron chi connectivity index (χ0n) is 20.7. The minimum Gasteiger partial charge on any atom is -0.465 e. The minimum absolute atomic E-state index is 0.0162. The number of carbonyl (C=O) groups excluding carboxylic acids is 3. The molecule has 1 unspecified atom stereocenters. The molecule has 3 rings (SSSR count). The molecule has 0 fully saturated rings. The maximum Gasteiger partial charge on any atom is 0.346 e. The van der Waals surface area contributed by atoms with Crippen LogP contribution in [0.4, 0.5) is 5.69 Å². The molecule has 2 aliphatic rings. The molecular weight excluding hydrogens is 490 g/mol. The fraction of sp³-hybridized carbons (Fsp3) is 0.440. The standard InChI is InChI=1S/C25H29NO5S3/c1-9-13(3)21(27)26-17-14(4)10-12(2)11-15(17)16(20(32)25(26,5)6)24-33-18(22(28)30-7)19(34-24)23(29)31-8/h10-11,13H,9H2,1-8H3. The molecule has 34 heavy (non-hydrogen) atoms. The van der Waals surface area contributed by atoms with Crippen molar-refractivity contribution in [3.8, 4) is 0 Å². The van der Waals surface area contributed by atoms with Crippen LogP contribution < -0.4 is 4.90 Å². The number of amides is 1. The van der Waals surface area contributed by atoms with Crippen molar-refractivity contribution < 1.29 is 23.9 Å². The molecular formula is C25H29NO5S3. The average Bonchev–Trinajstić information content (AvgIpc) is 3.23. The van der Waals surface area contributed by atoms with Gasteiger partial charge in [-0.3, -0.25) is 4.79 Å². The van der Waals surface area contributed by atoms with Crippen LogP contribution in [0.15, 0.2) is 26.2 Å². The van der Waals surface area contributed by atoms with E-state index in [0.717, 1.165) is 51.5 Å². The summed E-state index contributed by atoms with van der Waals surface area (Å²) in [5.74, 6) is -1.37. The lowest BCUT2D eigenvalue weighted by atomic mass is 9.80. The van der Waals surface area contributed by atoms with Gasteiger partial charge in [0.15, 0.2) is 0 Å². The first-order chi connectivity index (χ1) is 15.9. The Balaban J connectivity index is 2.31. The van der Waals surface area contributed by atoms with Gasteiger partial charge in [-0.25, -0.2) is 9.59 Å². The Hall–Kier alpha value is -2.10. The molecule has 0 spiro atoms. The van der Waals surface area contributed by atoms with E-state index in [1.54, 1.807) is 0 Å². The summed E-state index contributed by atoms with van der Waals surface area (Å²) >= 11 is 8.33. The van der Waals surface area contributed by atoms with Crippen LogP contribution in [-0.4, -0.2) is 42.5 Å². The second-order valence-electron chi connectivity index (χ2n) is 8.86. The SMILES string of the molecule is CCC(C)C(=O)N1c2c(C)cc(C)cc2C(=C2SC(C(=O)OC)=C(C(=O)OC)S2)C(=S)C1(C)C. The molecule has 2 heterocycles.